The van der Waals surface area contributed by atoms with E-state index in [0.717, 1.165) is 5.56 Å². The summed E-state index contributed by atoms with van der Waals surface area (Å²) in [6.45, 7) is 0.342. The van der Waals surface area contributed by atoms with Gasteiger partial charge in [0.1, 0.15) is 10.6 Å². The lowest BCUT2D eigenvalue weighted by Crippen LogP contribution is -2.27. The Bertz CT molecular complexity index is 1280. The van der Waals surface area contributed by atoms with Gasteiger partial charge in [-0.2, -0.15) is 0 Å². The van der Waals surface area contributed by atoms with E-state index in [1.165, 1.54) is 19.2 Å². The molecule has 0 unspecified atom stereocenters. The lowest BCUT2D eigenvalue weighted by Gasteiger charge is -2.15. The van der Waals surface area contributed by atoms with Crippen molar-refractivity contribution in [1.29, 1.82) is 0 Å². The number of hydrogen-bond donors (Lipinski definition) is 2. The van der Waals surface area contributed by atoms with Crippen molar-refractivity contribution in [2.24, 2.45) is 0 Å². The van der Waals surface area contributed by atoms with Crippen molar-refractivity contribution in [3.8, 4) is 17.2 Å². The first-order chi connectivity index (χ1) is 16.3. The van der Waals surface area contributed by atoms with Gasteiger partial charge in [0, 0.05) is 11.0 Å². The van der Waals surface area contributed by atoms with Crippen molar-refractivity contribution < 1.29 is 27.4 Å². The summed E-state index contributed by atoms with van der Waals surface area (Å²) in [4.78, 5) is 12.8. The van der Waals surface area contributed by atoms with E-state index in [9.17, 15) is 13.2 Å². The van der Waals surface area contributed by atoms with E-state index in [1.807, 2.05) is 12.1 Å². The molecule has 0 aliphatic carbocycles. The average Bonchev–Trinajstić information content (AvgIpc) is 2.83. The van der Waals surface area contributed by atoms with Crippen molar-refractivity contribution in [2.45, 2.75) is 11.3 Å². The quantitative estimate of drug-likeness (QED) is 0.392. The molecule has 2 N–H and O–H groups in total. The van der Waals surface area contributed by atoms with Crippen LogP contribution in [0.3, 0.4) is 0 Å². The van der Waals surface area contributed by atoms with Gasteiger partial charge in [-0.1, -0.05) is 34.1 Å². The second-order valence-corrected chi connectivity index (χ2v) is 9.71. The predicted octanol–water partition coefficient (Wildman–Crippen LogP) is 4.25. The number of anilines is 1. The maximum absolute atomic E-state index is 13.1. The molecule has 3 aromatic carbocycles. The lowest BCUT2D eigenvalue weighted by molar-refractivity contribution is 0.0955. The Kier molecular flexibility index (Phi) is 8.41. The second-order valence-electron chi connectivity index (χ2n) is 7.14. The van der Waals surface area contributed by atoms with E-state index in [1.54, 1.807) is 50.6 Å². The van der Waals surface area contributed by atoms with E-state index in [2.05, 4.69) is 26.0 Å². The smallest absolute Gasteiger partial charge is 0.265 e. The number of hydrogen-bond acceptors (Lipinski definition) is 6. The first-order valence-corrected chi connectivity index (χ1v) is 12.5. The Labute approximate surface area is 207 Å². The number of benzene rings is 3. The molecule has 1 amide bonds. The molecule has 0 saturated carbocycles. The van der Waals surface area contributed by atoms with Gasteiger partial charge in [0.2, 0.25) is 0 Å². The van der Waals surface area contributed by atoms with Gasteiger partial charge < -0.3 is 19.5 Å². The Morgan fingerprint density at radius 3 is 2.26 bits per heavy atom. The van der Waals surface area contributed by atoms with Gasteiger partial charge in [0.25, 0.3) is 15.9 Å². The number of methoxy groups -OCH3 is 3. The molecule has 0 radical (unpaired) electrons. The van der Waals surface area contributed by atoms with Crippen LogP contribution in [-0.2, 0) is 16.4 Å². The summed E-state index contributed by atoms with van der Waals surface area (Å²) in [5, 5.41) is 2.83. The molecule has 10 heteroatoms. The Morgan fingerprint density at radius 1 is 0.882 bits per heavy atom. The number of ether oxygens (including phenoxy) is 3. The van der Waals surface area contributed by atoms with Crippen molar-refractivity contribution >= 4 is 37.5 Å². The first-order valence-electron chi connectivity index (χ1n) is 10.2. The molecule has 180 valence electrons. The molecule has 0 saturated heterocycles. The Morgan fingerprint density at radius 2 is 1.56 bits per heavy atom. The van der Waals surface area contributed by atoms with Gasteiger partial charge in [-0.05, 0) is 54.4 Å². The SMILES string of the molecule is COc1ccc(CCNC(=O)c2ccccc2NS(=O)(=O)c2cc(Br)ccc2OC)cc1OC. The second kappa shape index (κ2) is 11.3. The maximum Gasteiger partial charge on any atom is 0.265 e. The summed E-state index contributed by atoms with van der Waals surface area (Å²) in [5.41, 5.74) is 1.31. The highest BCUT2D eigenvalue weighted by molar-refractivity contribution is 9.10. The fourth-order valence-corrected chi connectivity index (χ4v) is 5.07. The summed E-state index contributed by atoms with van der Waals surface area (Å²) < 4.78 is 44.9. The lowest BCUT2D eigenvalue weighted by atomic mass is 10.1. The third-order valence-corrected chi connectivity index (χ3v) is 6.86. The van der Waals surface area contributed by atoms with E-state index >= 15 is 0 Å². The average molecular weight is 549 g/mol. The van der Waals surface area contributed by atoms with E-state index < -0.39 is 15.9 Å². The molecule has 0 atom stereocenters. The number of amides is 1. The van der Waals surface area contributed by atoms with Crippen LogP contribution in [0.2, 0.25) is 0 Å². The topological polar surface area (TPSA) is 103 Å². The summed E-state index contributed by atoms with van der Waals surface area (Å²) in [6.07, 6.45) is 0.551. The summed E-state index contributed by atoms with van der Waals surface area (Å²) >= 11 is 3.28. The maximum atomic E-state index is 13.1. The van der Waals surface area contributed by atoms with Gasteiger partial charge in [0.15, 0.2) is 11.5 Å². The molecule has 3 aromatic rings. The fourth-order valence-electron chi connectivity index (χ4n) is 3.28. The van der Waals surface area contributed by atoms with E-state index in [0.29, 0.717) is 28.9 Å². The van der Waals surface area contributed by atoms with Crippen LogP contribution in [0.15, 0.2) is 70.0 Å². The zero-order chi connectivity index (χ0) is 24.7. The molecule has 0 bridgehead atoms. The summed E-state index contributed by atoms with van der Waals surface area (Å²) in [6, 6.07) is 16.6. The van der Waals surface area contributed by atoms with E-state index in [4.69, 9.17) is 14.2 Å². The monoisotopic (exact) mass is 548 g/mol. The highest BCUT2D eigenvalue weighted by Gasteiger charge is 2.22. The highest BCUT2D eigenvalue weighted by Crippen LogP contribution is 2.30. The summed E-state index contributed by atoms with van der Waals surface area (Å²) in [5.74, 6) is 1.01. The predicted molar refractivity (Wildman–Crippen MR) is 134 cm³/mol. The van der Waals surface area contributed by atoms with Crippen LogP contribution in [0, 0.1) is 0 Å². The third kappa shape index (κ3) is 6.00. The minimum Gasteiger partial charge on any atom is -0.495 e. The van der Waals surface area contributed by atoms with Crippen LogP contribution >= 0.6 is 15.9 Å². The molecule has 0 aliphatic rings. The first kappa shape index (κ1) is 25.4. The molecular formula is C24H25BrN2O6S. The fraction of sp³-hybridized carbons (Fsp3) is 0.208. The van der Waals surface area contributed by atoms with Crippen LogP contribution in [0.25, 0.3) is 0 Å². The van der Waals surface area contributed by atoms with Crippen molar-refractivity contribution in [1.82, 2.24) is 5.32 Å². The van der Waals surface area contributed by atoms with Crippen molar-refractivity contribution in [2.75, 3.05) is 32.6 Å². The molecule has 0 aromatic heterocycles. The minimum absolute atomic E-state index is 0.0481. The number of carbonyl (C=O) groups excluding carboxylic acids is 1. The molecule has 34 heavy (non-hydrogen) atoms. The Balaban J connectivity index is 1.74. The van der Waals surface area contributed by atoms with Gasteiger partial charge in [-0.25, -0.2) is 8.42 Å². The molecule has 3 rings (SSSR count). The standard InChI is InChI=1S/C24H25BrN2O6S/c1-31-20-10-8-16(14-22(20)33-3)12-13-26-24(28)18-6-4-5-7-19(18)27-34(29,30)23-15-17(25)9-11-21(23)32-2/h4-11,14-15,27H,12-13H2,1-3H3,(H,26,28). The van der Waals surface area contributed by atoms with Gasteiger partial charge in [-0.15, -0.1) is 0 Å². The zero-order valence-electron chi connectivity index (χ0n) is 18.9. The highest BCUT2D eigenvalue weighted by atomic mass is 79.9. The van der Waals surface area contributed by atoms with Crippen LogP contribution < -0.4 is 24.2 Å². The number of rotatable bonds is 10. The van der Waals surface area contributed by atoms with Crippen LogP contribution in [0.5, 0.6) is 17.2 Å². The summed E-state index contributed by atoms with van der Waals surface area (Å²) in [7, 11) is 0.494. The van der Waals surface area contributed by atoms with Crippen LogP contribution in [0.4, 0.5) is 5.69 Å². The largest absolute Gasteiger partial charge is 0.495 e. The number of halogens is 1. The molecular weight excluding hydrogens is 524 g/mol. The van der Waals surface area contributed by atoms with Crippen molar-refractivity contribution in [3.63, 3.8) is 0 Å². The van der Waals surface area contributed by atoms with Crippen LogP contribution in [-0.4, -0.2) is 42.2 Å². The third-order valence-electron chi connectivity index (χ3n) is 4.98. The van der Waals surface area contributed by atoms with Crippen LogP contribution in [0.1, 0.15) is 15.9 Å². The van der Waals surface area contributed by atoms with E-state index in [-0.39, 0.29) is 21.9 Å². The number of nitrogens with one attached hydrogen (secondary N) is 2. The number of para-hydroxylation sites is 1. The number of sulfonamides is 1. The molecule has 0 fully saturated rings. The Hall–Kier alpha value is -3.24. The molecule has 0 aliphatic heterocycles. The minimum atomic E-state index is -4.02. The normalized spacial score (nSPS) is 10.9. The van der Waals surface area contributed by atoms with Gasteiger partial charge in [-0.3, -0.25) is 9.52 Å². The van der Waals surface area contributed by atoms with Gasteiger partial charge >= 0.3 is 0 Å². The zero-order valence-corrected chi connectivity index (χ0v) is 21.3. The number of carbonyl (C=O) groups is 1. The molecule has 8 nitrogen and oxygen atoms in total. The molecule has 0 heterocycles. The molecule has 0 spiro atoms. The van der Waals surface area contributed by atoms with Crippen molar-refractivity contribution in [3.05, 3.63) is 76.3 Å². The van der Waals surface area contributed by atoms with Gasteiger partial charge in [0.05, 0.1) is 32.6 Å².